The van der Waals surface area contributed by atoms with Crippen molar-refractivity contribution >= 4 is 5.69 Å². The van der Waals surface area contributed by atoms with Crippen LogP contribution in [0.4, 0.5) is 5.69 Å². The van der Waals surface area contributed by atoms with Crippen molar-refractivity contribution in [3.05, 3.63) is 84.2 Å². The van der Waals surface area contributed by atoms with Gasteiger partial charge in [-0.3, -0.25) is 0 Å². The van der Waals surface area contributed by atoms with Crippen molar-refractivity contribution in [2.75, 3.05) is 5.32 Å². The first-order valence-corrected chi connectivity index (χ1v) is 6.82. The first-order chi connectivity index (χ1) is 10.4. The molecule has 0 amide bonds. The van der Waals surface area contributed by atoms with Gasteiger partial charge in [0.15, 0.2) is 0 Å². The van der Waals surface area contributed by atoms with Gasteiger partial charge in [-0.25, -0.2) is 0 Å². The van der Waals surface area contributed by atoms with Gasteiger partial charge in [0.1, 0.15) is 0 Å². The maximum atomic E-state index is 9.10. The molecule has 0 aliphatic rings. The third-order valence-corrected chi connectivity index (χ3v) is 3.37. The van der Waals surface area contributed by atoms with Gasteiger partial charge in [0.25, 0.3) is 0 Å². The van der Waals surface area contributed by atoms with Crippen molar-refractivity contribution in [2.24, 2.45) is 0 Å². The Morgan fingerprint density at radius 3 is 2.57 bits per heavy atom. The second-order valence-corrected chi connectivity index (χ2v) is 4.76. The quantitative estimate of drug-likeness (QED) is 0.781. The van der Waals surface area contributed by atoms with Gasteiger partial charge < -0.3 is 9.88 Å². The van der Waals surface area contributed by atoms with Gasteiger partial charge in [-0.2, -0.15) is 5.26 Å². The summed E-state index contributed by atoms with van der Waals surface area (Å²) >= 11 is 0. The molecular weight excluding hydrogens is 258 g/mol. The summed E-state index contributed by atoms with van der Waals surface area (Å²) in [6, 6.07) is 22.1. The number of nitriles is 1. The Labute approximate surface area is 124 Å². The number of rotatable bonds is 4. The average molecular weight is 273 g/mol. The van der Waals surface area contributed by atoms with E-state index in [-0.39, 0.29) is 0 Å². The van der Waals surface area contributed by atoms with Crippen molar-refractivity contribution in [3.8, 4) is 11.8 Å². The minimum atomic E-state index is 0.638. The van der Waals surface area contributed by atoms with Crippen LogP contribution < -0.4 is 5.32 Å². The molecule has 0 radical (unpaired) electrons. The van der Waals surface area contributed by atoms with Gasteiger partial charge in [-0.15, -0.1) is 0 Å². The molecule has 3 heteroatoms. The average Bonchev–Trinajstić information content (AvgIpc) is 3.08. The largest absolute Gasteiger partial charge is 0.381 e. The van der Waals surface area contributed by atoms with Crippen LogP contribution in [0.3, 0.4) is 0 Å². The van der Waals surface area contributed by atoms with E-state index in [0.29, 0.717) is 12.1 Å². The molecule has 0 saturated carbocycles. The number of hydrogen-bond donors (Lipinski definition) is 1. The van der Waals surface area contributed by atoms with Crippen LogP contribution >= 0.6 is 0 Å². The van der Waals surface area contributed by atoms with Gasteiger partial charge in [-0.1, -0.05) is 24.3 Å². The predicted octanol–water partition coefficient (Wildman–Crippen LogP) is 3.96. The standard InChI is InChI=1S/C18H15N3/c19-13-15-6-1-2-7-16(15)14-20-17-8-5-9-18(12-17)21-10-3-4-11-21/h1-12,20H,14H2. The second kappa shape index (κ2) is 5.98. The van der Waals surface area contributed by atoms with Crippen molar-refractivity contribution in [1.29, 1.82) is 5.26 Å². The third kappa shape index (κ3) is 2.96. The lowest BCUT2D eigenvalue weighted by atomic mass is 10.1. The fraction of sp³-hybridized carbons (Fsp3) is 0.0556. The minimum absolute atomic E-state index is 0.638. The fourth-order valence-electron chi connectivity index (χ4n) is 2.26. The lowest BCUT2D eigenvalue weighted by Crippen LogP contribution is -2.02. The topological polar surface area (TPSA) is 40.8 Å². The van der Waals surface area contributed by atoms with E-state index in [2.05, 4.69) is 28.1 Å². The van der Waals surface area contributed by atoms with Crippen molar-refractivity contribution in [1.82, 2.24) is 4.57 Å². The third-order valence-electron chi connectivity index (χ3n) is 3.37. The number of aromatic nitrogens is 1. The molecule has 0 fully saturated rings. The SMILES string of the molecule is N#Cc1ccccc1CNc1cccc(-n2cccc2)c1. The first kappa shape index (κ1) is 13.0. The molecule has 0 saturated heterocycles. The van der Waals surface area contributed by atoms with E-state index >= 15 is 0 Å². The van der Waals surface area contributed by atoms with Gasteiger partial charge in [-0.05, 0) is 42.0 Å². The van der Waals surface area contributed by atoms with E-state index in [1.54, 1.807) is 0 Å². The molecule has 102 valence electrons. The molecule has 0 aliphatic carbocycles. The van der Waals surface area contributed by atoms with Crippen LogP contribution in [0.15, 0.2) is 73.1 Å². The summed E-state index contributed by atoms with van der Waals surface area (Å²) < 4.78 is 2.06. The van der Waals surface area contributed by atoms with E-state index in [0.717, 1.165) is 16.9 Å². The Balaban J connectivity index is 1.77. The summed E-state index contributed by atoms with van der Waals surface area (Å²) in [5, 5.41) is 12.5. The molecular formula is C18H15N3. The van der Waals surface area contributed by atoms with Gasteiger partial charge >= 0.3 is 0 Å². The van der Waals surface area contributed by atoms with Crippen LogP contribution in [-0.4, -0.2) is 4.57 Å². The Bertz CT molecular complexity index is 767. The van der Waals surface area contributed by atoms with Crippen molar-refractivity contribution in [3.63, 3.8) is 0 Å². The molecule has 3 aromatic rings. The molecule has 1 heterocycles. The maximum absolute atomic E-state index is 9.10. The molecule has 0 unspecified atom stereocenters. The zero-order chi connectivity index (χ0) is 14.5. The highest BCUT2D eigenvalue weighted by atomic mass is 14.9. The summed E-state index contributed by atoms with van der Waals surface area (Å²) in [6.07, 6.45) is 4.04. The lowest BCUT2D eigenvalue weighted by molar-refractivity contribution is 1.07. The molecule has 1 aromatic heterocycles. The van der Waals surface area contributed by atoms with Crippen LogP contribution in [0, 0.1) is 11.3 Å². The number of nitrogens with zero attached hydrogens (tertiary/aromatic N) is 2. The summed E-state index contributed by atoms with van der Waals surface area (Å²) in [5.74, 6) is 0. The zero-order valence-corrected chi connectivity index (χ0v) is 11.5. The van der Waals surface area contributed by atoms with Gasteiger partial charge in [0, 0.05) is 30.3 Å². The van der Waals surface area contributed by atoms with Gasteiger partial charge in [0.2, 0.25) is 0 Å². The van der Waals surface area contributed by atoms with Crippen LogP contribution in [0.25, 0.3) is 5.69 Å². The Morgan fingerprint density at radius 2 is 1.76 bits per heavy atom. The maximum Gasteiger partial charge on any atom is 0.0995 e. The first-order valence-electron chi connectivity index (χ1n) is 6.82. The zero-order valence-electron chi connectivity index (χ0n) is 11.5. The van der Waals surface area contributed by atoms with E-state index in [4.69, 9.17) is 5.26 Å². The van der Waals surface area contributed by atoms with E-state index in [1.165, 1.54) is 0 Å². The molecule has 3 nitrogen and oxygen atoms in total. The smallest absolute Gasteiger partial charge is 0.0995 e. The van der Waals surface area contributed by atoms with Crippen LogP contribution in [0.2, 0.25) is 0 Å². The van der Waals surface area contributed by atoms with E-state index < -0.39 is 0 Å². The normalized spacial score (nSPS) is 10.0. The Hall–Kier alpha value is -2.99. The highest BCUT2D eigenvalue weighted by Gasteiger charge is 2.01. The van der Waals surface area contributed by atoms with Crippen molar-refractivity contribution in [2.45, 2.75) is 6.54 Å². The van der Waals surface area contributed by atoms with Crippen LogP contribution in [-0.2, 0) is 6.54 Å². The number of benzene rings is 2. The minimum Gasteiger partial charge on any atom is -0.381 e. The molecule has 21 heavy (non-hydrogen) atoms. The van der Waals surface area contributed by atoms with E-state index in [9.17, 15) is 0 Å². The number of hydrogen-bond acceptors (Lipinski definition) is 2. The van der Waals surface area contributed by atoms with E-state index in [1.807, 2.05) is 60.9 Å². The monoisotopic (exact) mass is 273 g/mol. The molecule has 1 N–H and O–H groups in total. The Morgan fingerprint density at radius 1 is 0.952 bits per heavy atom. The lowest BCUT2D eigenvalue weighted by Gasteiger charge is -2.10. The molecule has 0 spiro atoms. The highest BCUT2D eigenvalue weighted by molar-refractivity contribution is 5.52. The Kier molecular flexibility index (Phi) is 3.70. The summed E-state index contributed by atoms with van der Waals surface area (Å²) in [6.45, 7) is 0.638. The number of nitrogens with one attached hydrogen (secondary N) is 1. The van der Waals surface area contributed by atoms with Gasteiger partial charge in [0.05, 0.1) is 11.6 Å². The predicted molar refractivity (Wildman–Crippen MR) is 84.3 cm³/mol. The second-order valence-electron chi connectivity index (χ2n) is 4.76. The fourth-order valence-corrected chi connectivity index (χ4v) is 2.26. The van der Waals surface area contributed by atoms with Crippen LogP contribution in [0.5, 0.6) is 0 Å². The molecule has 0 bridgehead atoms. The van der Waals surface area contributed by atoms with Crippen molar-refractivity contribution < 1.29 is 0 Å². The molecule has 0 aliphatic heterocycles. The highest BCUT2D eigenvalue weighted by Crippen LogP contribution is 2.16. The summed E-state index contributed by atoms with van der Waals surface area (Å²) in [5.41, 5.74) is 3.87. The molecule has 2 aromatic carbocycles. The molecule has 3 rings (SSSR count). The summed E-state index contributed by atoms with van der Waals surface area (Å²) in [7, 11) is 0. The summed E-state index contributed by atoms with van der Waals surface area (Å²) in [4.78, 5) is 0. The molecule has 0 atom stereocenters. The van der Waals surface area contributed by atoms with Crippen LogP contribution in [0.1, 0.15) is 11.1 Å². The number of anilines is 1.